The zero-order chi connectivity index (χ0) is 20.5. The second-order valence-electron chi connectivity index (χ2n) is 8.56. The first-order valence-corrected chi connectivity index (χ1v) is 11.0. The lowest BCUT2D eigenvalue weighted by Gasteiger charge is -2.33. The van der Waals surface area contributed by atoms with Crippen LogP contribution in [0.3, 0.4) is 0 Å². The first-order valence-electron chi connectivity index (χ1n) is 11.0. The van der Waals surface area contributed by atoms with Crippen molar-refractivity contribution in [3.8, 4) is 0 Å². The summed E-state index contributed by atoms with van der Waals surface area (Å²) in [5, 5.41) is 3.16. The number of imidazole rings is 1. The summed E-state index contributed by atoms with van der Waals surface area (Å²) in [6.45, 7) is 3.07. The Kier molecular flexibility index (Phi) is 5.17. The number of nitrogens with one attached hydrogen (secondary N) is 2. The highest BCUT2D eigenvalue weighted by molar-refractivity contribution is 5.96. The van der Waals surface area contributed by atoms with E-state index in [0.717, 1.165) is 73.9 Å². The fourth-order valence-electron chi connectivity index (χ4n) is 5.07. The highest BCUT2D eigenvalue weighted by Gasteiger charge is 2.25. The van der Waals surface area contributed by atoms with Gasteiger partial charge in [-0.1, -0.05) is 30.3 Å². The fraction of sp³-hybridized carbons (Fsp3) is 0.417. The molecule has 1 fully saturated rings. The van der Waals surface area contributed by atoms with Crippen molar-refractivity contribution < 1.29 is 4.79 Å². The molecule has 0 bridgehead atoms. The molecule has 0 saturated carbocycles. The lowest BCUT2D eigenvalue weighted by Crippen LogP contribution is -2.42. The van der Waals surface area contributed by atoms with E-state index in [1.54, 1.807) is 0 Å². The normalized spacial score (nSPS) is 20.3. The highest BCUT2D eigenvalue weighted by Crippen LogP contribution is 2.25. The number of fused-ring (bicyclic) bond motifs is 2. The molecule has 3 heterocycles. The molecule has 2 N–H and O–H groups in total. The lowest BCUT2D eigenvalue weighted by atomic mass is 9.93. The van der Waals surface area contributed by atoms with Crippen molar-refractivity contribution in [1.29, 1.82) is 0 Å². The van der Waals surface area contributed by atoms with Crippen molar-refractivity contribution in [2.45, 2.75) is 44.2 Å². The van der Waals surface area contributed by atoms with E-state index in [2.05, 4.69) is 21.3 Å². The van der Waals surface area contributed by atoms with Crippen molar-refractivity contribution >= 4 is 16.9 Å². The summed E-state index contributed by atoms with van der Waals surface area (Å²) in [5.41, 5.74) is 3.91. The average Bonchev–Trinajstić information content (AvgIpc) is 3.10. The molecule has 6 heteroatoms. The molecule has 0 aliphatic carbocycles. The third-order valence-electron chi connectivity index (χ3n) is 6.64. The molecular formula is C24H28N4O2. The molecule has 1 aromatic heterocycles. The quantitative estimate of drug-likeness (QED) is 0.687. The van der Waals surface area contributed by atoms with Gasteiger partial charge >= 0.3 is 5.69 Å². The molecule has 3 aromatic rings. The van der Waals surface area contributed by atoms with Crippen LogP contribution in [0.25, 0.3) is 11.0 Å². The minimum Gasteiger partial charge on any atom is -0.349 e. The van der Waals surface area contributed by atoms with Crippen LogP contribution < -0.4 is 11.0 Å². The summed E-state index contributed by atoms with van der Waals surface area (Å²) < 4.78 is 1.95. The summed E-state index contributed by atoms with van der Waals surface area (Å²) in [5.74, 6) is 0.0619. The summed E-state index contributed by atoms with van der Waals surface area (Å²) in [6.07, 6.45) is 4.99. The van der Waals surface area contributed by atoms with E-state index >= 15 is 0 Å². The molecule has 30 heavy (non-hydrogen) atoms. The maximum atomic E-state index is 12.4. The lowest BCUT2D eigenvalue weighted by molar-refractivity contribution is 0.0920. The van der Waals surface area contributed by atoms with Gasteiger partial charge in [0, 0.05) is 30.7 Å². The van der Waals surface area contributed by atoms with Crippen LogP contribution >= 0.6 is 0 Å². The fourth-order valence-corrected chi connectivity index (χ4v) is 5.07. The van der Waals surface area contributed by atoms with Gasteiger partial charge in [-0.2, -0.15) is 0 Å². The number of carbonyl (C=O) groups excluding carboxylic acids is 1. The average molecular weight is 405 g/mol. The molecule has 1 saturated heterocycles. The van der Waals surface area contributed by atoms with E-state index in [1.807, 2.05) is 47.0 Å². The Morgan fingerprint density at radius 1 is 0.967 bits per heavy atom. The standard InChI is InChI=1S/C24H28N4O2/c29-23-20-8-2-1-6-17(20)16-18(25-23)7-5-13-27-14-11-19(12-15-27)28-22-10-4-3-9-21(22)26-24(28)30/h1-4,6,8-10,18-19H,5,7,11-16H2,(H,25,29)(H,26,30). The summed E-state index contributed by atoms with van der Waals surface area (Å²) >= 11 is 0. The summed E-state index contributed by atoms with van der Waals surface area (Å²) in [4.78, 5) is 30.2. The van der Waals surface area contributed by atoms with Crippen LogP contribution in [0.15, 0.2) is 53.3 Å². The van der Waals surface area contributed by atoms with Crippen LogP contribution in [0.4, 0.5) is 0 Å². The van der Waals surface area contributed by atoms with Crippen LogP contribution in [0.2, 0.25) is 0 Å². The molecule has 2 aliphatic rings. The smallest absolute Gasteiger partial charge is 0.326 e. The molecule has 2 aromatic carbocycles. The predicted octanol–water partition coefficient (Wildman–Crippen LogP) is 3.10. The largest absolute Gasteiger partial charge is 0.349 e. The number of likely N-dealkylation sites (tertiary alicyclic amines) is 1. The second-order valence-corrected chi connectivity index (χ2v) is 8.56. The number of hydrogen-bond acceptors (Lipinski definition) is 3. The molecule has 1 unspecified atom stereocenters. The second kappa shape index (κ2) is 8.11. The number of para-hydroxylation sites is 2. The molecular weight excluding hydrogens is 376 g/mol. The Hall–Kier alpha value is -2.86. The van der Waals surface area contributed by atoms with E-state index in [1.165, 1.54) is 0 Å². The van der Waals surface area contributed by atoms with Crippen molar-refractivity contribution in [3.05, 3.63) is 70.1 Å². The Balaban J connectivity index is 1.13. The molecule has 0 spiro atoms. The van der Waals surface area contributed by atoms with Gasteiger partial charge in [0.15, 0.2) is 0 Å². The van der Waals surface area contributed by atoms with Gasteiger partial charge in [-0.05, 0) is 62.4 Å². The zero-order valence-electron chi connectivity index (χ0n) is 17.1. The van der Waals surface area contributed by atoms with E-state index in [0.29, 0.717) is 0 Å². The Labute approximate surface area is 175 Å². The highest BCUT2D eigenvalue weighted by atomic mass is 16.2. The van der Waals surface area contributed by atoms with Gasteiger partial charge in [-0.3, -0.25) is 9.36 Å². The molecule has 0 radical (unpaired) electrons. The van der Waals surface area contributed by atoms with Gasteiger partial charge in [0.1, 0.15) is 0 Å². The Morgan fingerprint density at radius 2 is 1.73 bits per heavy atom. The van der Waals surface area contributed by atoms with Gasteiger partial charge in [0.2, 0.25) is 0 Å². The van der Waals surface area contributed by atoms with Gasteiger partial charge in [0.05, 0.1) is 11.0 Å². The van der Waals surface area contributed by atoms with E-state index in [-0.39, 0.29) is 23.7 Å². The van der Waals surface area contributed by atoms with Gasteiger partial charge in [0.25, 0.3) is 5.91 Å². The Morgan fingerprint density at radius 3 is 2.60 bits per heavy atom. The van der Waals surface area contributed by atoms with Crippen molar-refractivity contribution in [3.63, 3.8) is 0 Å². The number of amides is 1. The maximum absolute atomic E-state index is 12.4. The number of piperidine rings is 1. The van der Waals surface area contributed by atoms with Crippen LogP contribution in [0, 0.1) is 0 Å². The SMILES string of the molecule is O=C1NC(CCCN2CCC(n3c(=O)[nH]c4ccccc43)CC2)Cc2ccccc21. The van der Waals surface area contributed by atoms with Crippen LogP contribution in [-0.4, -0.2) is 46.0 Å². The number of rotatable bonds is 5. The van der Waals surface area contributed by atoms with Crippen molar-refractivity contribution in [2.24, 2.45) is 0 Å². The molecule has 1 atom stereocenters. The number of nitrogens with zero attached hydrogens (tertiary/aromatic N) is 2. The molecule has 1 amide bonds. The number of H-pyrrole nitrogens is 1. The van der Waals surface area contributed by atoms with E-state index in [9.17, 15) is 9.59 Å². The van der Waals surface area contributed by atoms with Crippen LogP contribution in [0.5, 0.6) is 0 Å². The zero-order valence-corrected chi connectivity index (χ0v) is 17.1. The molecule has 156 valence electrons. The van der Waals surface area contributed by atoms with Gasteiger partial charge < -0.3 is 15.2 Å². The summed E-state index contributed by atoms with van der Waals surface area (Å²) in [6, 6.07) is 16.3. The molecule has 5 rings (SSSR count). The van der Waals surface area contributed by atoms with Crippen LogP contribution in [0.1, 0.15) is 47.6 Å². The topological polar surface area (TPSA) is 70.1 Å². The minimum atomic E-state index is 0.00275. The Bertz CT molecular complexity index is 1110. The first kappa shape index (κ1) is 19.1. The number of hydrogen-bond donors (Lipinski definition) is 2. The molecule has 2 aliphatic heterocycles. The number of aromatic nitrogens is 2. The molecule has 6 nitrogen and oxygen atoms in total. The van der Waals surface area contributed by atoms with E-state index in [4.69, 9.17) is 0 Å². The maximum Gasteiger partial charge on any atom is 0.326 e. The number of carbonyl (C=O) groups is 1. The van der Waals surface area contributed by atoms with Crippen molar-refractivity contribution in [1.82, 2.24) is 19.8 Å². The summed E-state index contributed by atoms with van der Waals surface area (Å²) in [7, 11) is 0. The van der Waals surface area contributed by atoms with Crippen molar-refractivity contribution in [2.75, 3.05) is 19.6 Å². The number of benzene rings is 2. The first-order chi connectivity index (χ1) is 14.7. The van der Waals surface area contributed by atoms with Gasteiger partial charge in [-0.15, -0.1) is 0 Å². The van der Waals surface area contributed by atoms with Crippen LogP contribution in [-0.2, 0) is 6.42 Å². The third kappa shape index (κ3) is 3.67. The monoisotopic (exact) mass is 404 g/mol. The van der Waals surface area contributed by atoms with Gasteiger partial charge in [-0.25, -0.2) is 4.79 Å². The third-order valence-corrected chi connectivity index (χ3v) is 6.64. The predicted molar refractivity (Wildman–Crippen MR) is 118 cm³/mol. The van der Waals surface area contributed by atoms with E-state index < -0.39 is 0 Å². The number of aromatic amines is 1. The minimum absolute atomic E-state index is 0.00275.